The zero-order valence-electron chi connectivity index (χ0n) is 23.1. The fourth-order valence-corrected chi connectivity index (χ4v) is 7.45. The number of aryl methyl sites for hydroxylation is 1. The van der Waals surface area contributed by atoms with Gasteiger partial charge >= 0.3 is 0 Å². The van der Waals surface area contributed by atoms with E-state index in [9.17, 15) is 0 Å². The van der Waals surface area contributed by atoms with Gasteiger partial charge in [-0.3, -0.25) is 0 Å². The first-order valence-corrected chi connectivity index (χ1v) is 14.9. The molecule has 3 aromatic rings. The SMILES string of the molecule is C=C1OC2CN(c3nc(CCC4CCCN4C)nc4c3CCN(c3cccc5cccc(Cl)c35)C4)CCC12C. The number of likely N-dealkylation sites (tertiary alicyclic amines) is 1. The van der Waals surface area contributed by atoms with Crippen molar-refractivity contribution in [3.05, 3.63) is 70.8 Å². The highest BCUT2D eigenvalue weighted by Crippen LogP contribution is 2.50. The highest BCUT2D eigenvalue weighted by Gasteiger charge is 2.52. The zero-order valence-corrected chi connectivity index (χ0v) is 23.9. The van der Waals surface area contributed by atoms with Crippen LogP contribution >= 0.6 is 11.6 Å². The Morgan fingerprint density at radius 1 is 1.10 bits per heavy atom. The van der Waals surface area contributed by atoms with Crippen molar-refractivity contribution in [2.24, 2.45) is 5.41 Å². The Hall–Kier alpha value is -2.83. The van der Waals surface area contributed by atoms with E-state index in [-0.39, 0.29) is 11.5 Å². The second kappa shape index (κ2) is 9.67. The average molecular weight is 544 g/mol. The highest BCUT2D eigenvalue weighted by atomic mass is 35.5. The molecule has 3 unspecified atom stereocenters. The minimum Gasteiger partial charge on any atom is -0.492 e. The van der Waals surface area contributed by atoms with E-state index in [2.05, 4.69) is 59.5 Å². The third kappa shape index (κ3) is 4.27. The van der Waals surface area contributed by atoms with E-state index >= 15 is 0 Å². The summed E-state index contributed by atoms with van der Waals surface area (Å²) in [7, 11) is 2.25. The summed E-state index contributed by atoms with van der Waals surface area (Å²) in [5.41, 5.74) is 3.76. The molecule has 39 heavy (non-hydrogen) atoms. The Morgan fingerprint density at radius 2 is 1.95 bits per heavy atom. The summed E-state index contributed by atoms with van der Waals surface area (Å²) in [4.78, 5) is 17.9. The molecule has 0 aliphatic carbocycles. The fraction of sp³-hybridized carbons (Fsp3) is 0.500. The van der Waals surface area contributed by atoms with Gasteiger partial charge in [0.2, 0.25) is 0 Å². The Morgan fingerprint density at radius 3 is 2.72 bits per heavy atom. The fourth-order valence-electron chi connectivity index (χ4n) is 7.17. The van der Waals surface area contributed by atoms with Crippen LogP contribution in [0.4, 0.5) is 11.5 Å². The van der Waals surface area contributed by atoms with Crippen molar-refractivity contribution in [3.63, 3.8) is 0 Å². The molecule has 3 fully saturated rings. The van der Waals surface area contributed by atoms with Crippen LogP contribution in [0.5, 0.6) is 0 Å². The van der Waals surface area contributed by atoms with Gasteiger partial charge in [0, 0.05) is 42.2 Å². The lowest BCUT2D eigenvalue weighted by atomic mass is 9.72. The normalized spacial score (nSPS) is 26.8. The van der Waals surface area contributed by atoms with Gasteiger partial charge in [0.05, 0.1) is 35.0 Å². The van der Waals surface area contributed by atoms with E-state index in [1.165, 1.54) is 36.0 Å². The van der Waals surface area contributed by atoms with E-state index in [0.29, 0.717) is 6.04 Å². The van der Waals surface area contributed by atoms with Crippen molar-refractivity contribution >= 4 is 33.9 Å². The predicted octanol–water partition coefficient (Wildman–Crippen LogP) is 6.00. The first-order valence-electron chi connectivity index (χ1n) is 14.5. The number of benzene rings is 2. The van der Waals surface area contributed by atoms with Gasteiger partial charge in [-0.1, -0.05) is 42.4 Å². The molecule has 0 radical (unpaired) electrons. The van der Waals surface area contributed by atoms with Gasteiger partial charge in [-0.15, -0.1) is 0 Å². The minimum absolute atomic E-state index is 0.101. The molecule has 6 nitrogen and oxygen atoms in total. The van der Waals surface area contributed by atoms with Gasteiger partial charge in [-0.25, -0.2) is 9.97 Å². The molecule has 0 saturated carbocycles. The lowest BCUT2D eigenvalue weighted by molar-refractivity contribution is -0.115. The quantitative estimate of drug-likeness (QED) is 0.393. The number of hydrogen-bond acceptors (Lipinski definition) is 6. The van der Waals surface area contributed by atoms with E-state index in [0.717, 1.165) is 85.4 Å². The lowest BCUT2D eigenvalue weighted by Gasteiger charge is -2.54. The Balaban J connectivity index is 1.22. The third-order valence-electron chi connectivity index (χ3n) is 9.85. The van der Waals surface area contributed by atoms with Crippen molar-refractivity contribution in [2.45, 2.75) is 64.1 Å². The maximum Gasteiger partial charge on any atom is 0.136 e. The number of fused-ring (bicyclic) bond motifs is 3. The number of hydrogen-bond donors (Lipinski definition) is 0. The molecule has 0 N–H and O–H groups in total. The number of halogens is 1. The van der Waals surface area contributed by atoms with E-state index < -0.39 is 0 Å². The van der Waals surface area contributed by atoms with Gasteiger partial charge in [0.15, 0.2) is 0 Å². The Bertz CT molecular complexity index is 1440. The molecule has 204 valence electrons. The molecule has 0 amide bonds. The van der Waals surface area contributed by atoms with Gasteiger partial charge in [0.1, 0.15) is 17.7 Å². The maximum atomic E-state index is 6.72. The standard InChI is InChI=1S/C32H38ClN5O/c1-21-32(2)15-18-38(20-28(32)39-21)31-24-14-17-37(27-11-5-8-22-7-4-10-25(33)30(22)27)19-26(24)34-29(35-31)13-12-23-9-6-16-36(23)3/h4-5,7-8,10-11,23,28H,1,6,9,12-20H2,2-3H3. The average Bonchev–Trinajstić information content (AvgIpc) is 3.36. The summed E-state index contributed by atoms with van der Waals surface area (Å²) < 4.78 is 6.02. The smallest absolute Gasteiger partial charge is 0.136 e. The molecule has 0 bridgehead atoms. The monoisotopic (exact) mass is 543 g/mol. The molecule has 5 heterocycles. The van der Waals surface area contributed by atoms with Crippen molar-refractivity contribution < 1.29 is 4.74 Å². The van der Waals surface area contributed by atoms with Gasteiger partial charge in [-0.2, -0.15) is 0 Å². The second-order valence-electron chi connectivity index (χ2n) is 12.1. The summed E-state index contributed by atoms with van der Waals surface area (Å²) in [6.45, 7) is 11.2. The number of piperidine rings is 1. The zero-order chi connectivity index (χ0) is 26.7. The van der Waals surface area contributed by atoms with Crippen LogP contribution < -0.4 is 9.80 Å². The summed E-state index contributed by atoms with van der Waals surface area (Å²) in [5, 5.41) is 3.10. The molecular formula is C32H38ClN5O. The van der Waals surface area contributed by atoms with E-state index in [1.54, 1.807) is 0 Å². The number of nitrogens with zero attached hydrogens (tertiary/aromatic N) is 5. The van der Waals surface area contributed by atoms with E-state index in [1.807, 2.05) is 12.1 Å². The molecule has 0 spiro atoms. The van der Waals surface area contributed by atoms with Gasteiger partial charge in [-0.05, 0) is 70.1 Å². The van der Waals surface area contributed by atoms with Crippen molar-refractivity contribution in [1.82, 2.24) is 14.9 Å². The van der Waals surface area contributed by atoms with E-state index in [4.69, 9.17) is 26.3 Å². The van der Waals surface area contributed by atoms with Crippen LogP contribution in [0.3, 0.4) is 0 Å². The van der Waals surface area contributed by atoms with Crippen LogP contribution in [0.2, 0.25) is 5.02 Å². The number of rotatable bonds is 5. The van der Waals surface area contributed by atoms with Crippen LogP contribution in [0.15, 0.2) is 48.7 Å². The summed E-state index contributed by atoms with van der Waals surface area (Å²) >= 11 is 6.72. The molecule has 3 saturated heterocycles. The molecule has 4 aliphatic heterocycles. The number of ether oxygens (including phenoxy) is 1. The molecule has 3 atom stereocenters. The highest BCUT2D eigenvalue weighted by molar-refractivity contribution is 6.36. The van der Waals surface area contributed by atoms with Crippen LogP contribution in [0, 0.1) is 5.41 Å². The second-order valence-corrected chi connectivity index (χ2v) is 12.5. The summed E-state index contributed by atoms with van der Waals surface area (Å²) in [6, 6.07) is 13.3. The molecular weight excluding hydrogens is 506 g/mol. The number of anilines is 2. The van der Waals surface area contributed by atoms with Crippen LogP contribution in [-0.2, 0) is 24.1 Å². The molecule has 1 aromatic heterocycles. The molecule has 7 heteroatoms. The molecule has 7 rings (SSSR count). The van der Waals surface area contributed by atoms with Crippen molar-refractivity contribution in [1.29, 1.82) is 0 Å². The van der Waals surface area contributed by atoms with Crippen LogP contribution in [-0.4, -0.2) is 60.2 Å². The third-order valence-corrected chi connectivity index (χ3v) is 10.2. The lowest BCUT2D eigenvalue weighted by Crippen LogP contribution is -2.59. The van der Waals surface area contributed by atoms with Crippen molar-refractivity contribution in [2.75, 3.05) is 43.0 Å². The summed E-state index contributed by atoms with van der Waals surface area (Å²) in [6.07, 6.45) is 6.76. The Kier molecular flexibility index (Phi) is 6.24. The largest absolute Gasteiger partial charge is 0.492 e. The predicted molar refractivity (Wildman–Crippen MR) is 159 cm³/mol. The topological polar surface area (TPSA) is 44.7 Å². The molecule has 2 aromatic carbocycles. The Labute approximate surface area is 236 Å². The van der Waals surface area contributed by atoms with Crippen LogP contribution in [0.1, 0.15) is 49.7 Å². The number of aromatic nitrogens is 2. The maximum absolute atomic E-state index is 6.72. The van der Waals surface area contributed by atoms with Crippen molar-refractivity contribution in [3.8, 4) is 0 Å². The van der Waals surface area contributed by atoms with Gasteiger partial charge in [0.25, 0.3) is 0 Å². The van der Waals surface area contributed by atoms with Gasteiger partial charge < -0.3 is 19.4 Å². The van der Waals surface area contributed by atoms with Crippen LogP contribution in [0.25, 0.3) is 10.8 Å². The first kappa shape index (κ1) is 25.2. The summed E-state index contributed by atoms with van der Waals surface area (Å²) in [5.74, 6) is 3.06. The molecule has 4 aliphatic rings. The first-order chi connectivity index (χ1) is 18.9. The minimum atomic E-state index is 0.101.